The molecule has 6 heteroatoms. The molecule has 3 aromatic heterocycles. The van der Waals surface area contributed by atoms with E-state index >= 15 is 0 Å². The summed E-state index contributed by atoms with van der Waals surface area (Å²) < 4.78 is 0. The van der Waals surface area contributed by atoms with Crippen LogP contribution in [0.15, 0.2) is 42.7 Å². The average Bonchev–Trinajstić information content (AvgIpc) is 2.96. The number of rotatable bonds is 2. The number of hydrogen-bond acceptors (Lipinski definition) is 4. The predicted octanol–water partition coefficient (Wildman–Crippen LogP) is 3.15. The van der Waals surface area contributed by atoms with Crippen molar-refractivity contribution in [2.24, 2.45) is 0 Å². The molecule has 0 aliphatic heterocycles. The van der Waals surface area contributed by atoms with Crippen LogP contribution >= 0.6 is 11.6 Å². The van der Waals surface area contributed by atoms with E-state index in [1.807, 2.05) is 30.5 Å². The molecule has 0 unspecified atom stereocenters. The van der Waals surface area contributed by atoms with Gasteiger partial charge in [0.25, 0.3) is 0 Å². The first-order valence-corrected chi connectivity index (χ1v) is 6.87. The van der Waals surface area contributed by atoms with Gasteiger partial charge in [0, 0.05) is 18.0 Å². The second kappa shape index (κ2) is 4.79. The molecule has 1 aromatic carbocycles. The van der Waals surface area contributed by atoms with Gasteiger partial charge in [0.05, 0.1) is 22.8 Å². The molecule has 0 amide bonds. The third-order valence-corrected chi connectivity index (χ3v) is 3.63. The van der Waals surface area contributed by atoms with Crippen molar-refractivity contribution >= 4 is 33.5 Å². The molecule has 0 atom stereocenters. The quantitative estimate of drug-likeness (QED) is 0.577. The molecule has 0 aliphatic carbocycles. The standard InChI is InChI=1S/C15H10ClN5/c16-15-19-13(11-8-18-21-14(11)20-15)7-9-5-6-17-12-4-2-1-3-10(9)12/h1-6,8H,7H2,(H,18,19,20,21). The number of nitrogens with zero attached hydrogens (tertiary/aromatic N) is 4. The second-order valence-electron chi connectivity index (χ2n) is 4.74. The lowest BCUT2D eigenvalue weighted by atomic mass is 10.0. The zero-order valence-corrected chi connectivity index (χ0v) is 11.7. The van der Waals surface area contributed by atoms with Crippen molar-refractivity contribution in [1.82, 2.24) is 25.1 Å². The molecule has 0 aliphatic rings. The molecule has 0 radical (unpaired) electrons. The van der Waals surface area contributed by atoms with Crippen LogP contribution in [0, 0.1) is 0 Å². The molecule has 0 spiro atoms. The molecular formula is C15H10ClN5. The highest BCUT2D eigenvalue weighted by molar-refractivity contribution is 6.28. The number of H-pyrrole nitrogens is 1. The van der Waals surface area contributed by atoms with E-state index in [4.69, 9.17) is 11.6 Å². The van der Waals surface area contributed by atoms with Crippen LogP contribution in [0.25, 0.3) is 21.9 Å². The van der Waals surface area contributed by atoms with Gasteiger partial charge in [-0.2, -0.15) is 10.1 Å². The predicted molar refractivity (Wildman–Crippen MR) is 81.2 cm³/mol. The first kappa shape index (κ1) is 12.2. The maximum atomic E-state index is 5.98. The lowest BCUT2D eigenvalue weighted by Crippen LogP contribution is -1.97. The molecular weight excluding hydrogens is 286 g/mol. The van der Waals surface area contributed by atoms with Crippen LogP contribution in [0.4, 0.5) is 0 Å². The van der Waals surface area contributed by atoms with Crippen molar-refractivity contribution in [3.05, 3.63) is 59.3 Å². The topological polar surface area (TPSA) is 67.3 Å². The minimum Gasteiger partial charge on any atom is -0.261 e. The third-order valence-electron chi connectivity index (χ3n) is 3.46. The zero-order valence-electron chi connectivity index (χ0n) is 10.9. The summed E-state index contributed by atoms with van der Waals surface area (Å²) in [4.78, 5) is 12.8. The van der Waals surface area contributed by atoms with E-state index in [2.05, 4.69) is 31.2 Å². The molecule has 102 valence electrons. The van der Waals surface area contributed by atoms with Gasteiger partial charge in [0.1, 0.15) is 0 Å². The van der Waals surface area contributed by atoms with Crippen molar-refractivity contribution in [1.29, 1.82) is 0 Å². The first-order chi connectivity index (χ1) is 10.3. The van der Waals surface area contributed by atoms with Gasteiger partial charge in [-0.25, -0.2) is 4.98 Å². The smallest absolute Gasteiger partial charge is 0.224 e. The summed E-state index contributed by atoms with van der Waals surface area (Å²) in [6.07, 6.45) is 4.19. The number of aromatic amines is 1. The zero-order chi connectivity index (χ0) is 14.2. The molecule has 0 saturated heterocycles. The molecule has 1 N–H and O–H groups in total. The normalized spacial score (nSPS) is 11.3. The van der Waals surface area contributed by atoms with E-state index in [1.165, 1.54) is 0 Å². The Balaban J connectivity index is 1.89. The SMILES string of the molecule is Clc1nc(Cc2ccnc3ccccc23)c2cn[nH]c2n1. The minimum absolute atomic E-state index is 0.222. The van der Waals surface area contributed by atoms with E-state index in [0.717, 1.165) is 27.5 Å². The summed E-state index contributed by atoms with van der Waals surface area (Å²) >= 11 is 5.98. The number of halogens is 1. The van der Waals surface area contributed by atoms with Gasteiger partial charge in [0.2, 0.25) is 5.28 Å². The summed E-state index contributed by atoms with van der Waals surface area (Å²) in [5.74, 6) is 0. The summed E-state index contributed by atoms with van der Waals surface area (Å²) in [5, 5.41) is 9.06. The van der Waals surface area contributed by atoms with Gasteiger partial charge in [-0.3, -0.25) is 10.1 Å². The Morgan fingerprint density at radius 3 is 2.90 bits per heavy atom. The highest BCUT2D eigenvalue weighted by Gasteiger charge is 2.11. The Morgan fingerprint density at radius 2 is 1.95 bits per heavy atom. The van der Waals surface area contributed by atoms with Crippen LogP contribution in [0.5, 0.6) is 0 Å². The molecule has 4 aromatic rings. The molecule has 4 rings (SSSR count). The number of pyridine rings is 1. The van der Waals surface area contributed by atoms with Crippen molar-refractivity contribution in [2.75, 3.05) is 0 Å². The van der Waals surface area contributed by atoms with Crippen LogP contribution in [0.3, 0.4) is 0 Å². The first-order valence-electron chi connectivity index (χ1n) is 6.49. The Bertz CT molecular complexity index is 942. The maximum absolute atomic E-state index is 5.98. The van der Waals surface area contributed by atoms with Crippen molar-refractivity contribution in [2.45, 2.75) is 6.42 Å². The van der Waals surface area contributed by atoms with Gasteiger partial charge in [0.15, 0.2) is 5.65 Å². The van der Waals surface area contributed by atoms with E-state index in [-0.39, 0.29) is 5.28 Å². The molecule has 21 heavy (non-hydrogen) atoms. The van der Waals surface area contributed by atoms with Crippen LogP contribution < -0.4 is 0 Å². The van der Waals surface area contributed by atoms with Crippen molar-refractivity contribution in [3.8, 4) is 0 Å². The van der Waals surface area contributed by atoms with E-state index < -0.39 is 0 Å². The minimum atomic E-state index is 0.222. The molecule has 0 fully saturated rings. The monoisotopic (exact) mass is 295 g/mol. The fourth-order valence-electron chi connectivity index (χ4n) is 2.49. The summed E-state index contributed by atoms with van der Waals surface area (Å²) in [5.41, 5.74) is 3.63. The fourth-order valence-corrected chi connectivity index (χ4v) is 2.68. The Labute approximate surface area is 125 Å². The lowest BCUT2D eigenvalue weighted by molar-refractivity contribution is 1.05. The summed E-state index contributed by atoms with van der Waals surface area (Å²) in [7, 11) is 0. The second-order valence-corrected chi connectivity index (χ2v) is 5.07. The summed E-state index contributed by atoms with van der Waals surface area (Å²) in [6, 6.07) is 10.1. The highest BCUT2D eigenvalue weighted by atomic mass is 35.5. The lowest BCUT2D eigenvalue weighted by Gasteiger charge is -2.06. The van der Waals surface area contributed by atoms with Gasteiger partial charge in [-0.1, -0.05) is 18.2 Å². The van der Waals surface area contributed by atoms with Gasteiger partial charge in [-0.05, 0) is 29.3 Å². The van der Waals surface area contributed by atoms with E-state index in [0.29, 0.717) is 12.1 Å². The Hall–Kier alpha value is -2.53. The number of nitrogens with one attached hydrogen (secondary N) is 1. The van der Waals surface area contributed by atoms with Crippen LogP contribution in [-0.4, -0.2) is 25.1 Å². The number of para-hydroxylation sites is 1. The van der Waals surface area contributed by atoms with Gasteiger partial charge >= 0.3 is 0 Å². The maximum Gasteiger partial charge on any atom is 0.224 e. The average molecular weight is 296 g/mol. The number of benzene rings is 1. The Morgan fingerprint density at radius 1 is 1.05 bits per heavy atom. The number of hydrogen-bond donors (Lipinski definition) is 1. The van der Waals surface area contributed by atoms with Crippen molar-refractivity contribution in [3.63, 3.8) is 0 Å². The number of fused-ring (bicyclic) bond motifs is 2. The van der Waals surface area contributed by atoms with Crippen LogP contribution in [-0.2, 0) is 6.42 Å². The van der Waals surface area contributed by atoms with Gasteiger partial charge < -0.3 is 0 Å². The van der Waals surface area contributed by atoms with E-state index in [1.54, 1.807) is 6.20 Å². The molecule has 0 bridgehead atoms. The number of aromatic nitrogens is 5. The molecule has 5 nitrogen and oxygen atoms in total. The van der Waals surface area contributed by atoms with E-state index in [9.17, 15) is 0 Å². The highest BCUT2D eigenvalue weighted by Crippen LogP contribution is 2.22. The van der Waals surface area contributed by atoms with Gasteiger partial charge in [-0.15, -0.1) is 0 Å². The van der Waals surface area contributed by atoms with Crippen LogP contribution in [0.2, 0.25) is 5.28 Å². The third kappa shape index (κ3) is 2.11. The van der Waals surface area contributed by atoms with Crippen molar-refractivity contribution < 1.29 is 0 Å². The van der Waals surface area contributed by atoms with Crippen LogP contribution in [0.1, 0.15) is 11.3 Å². The summed E-state index contributed by atoms with van der Waals surface area (Å²) in [6.45, 7) is 0. The molecule has 0 saturated carbocycles. The Kier molecular flexibility index (Phi) is 2.79. The molecule has 3 heterocycles. The fraction of sp³-hybridized carbons (Fsp3) is 0.0667. The largest absolute Gasteiger partial charge is 0.261 e.